The number of nitrogens with one attached hydrogen (secondary N) is 1. The van der Waals surface area contributed by atoms with Crippen molar-refractivity contribution in [3.63, 3.8) is 0 Å². The van der Waals surface area contributed by atoms with E-state index in [1.54, 1.807) is 30.5 Å². The number of pyridine rings is 1. The summed E-state index contributed by atoms with van der Waals surface area (Å²) in [7, 11) is 0. The Morgan fingerprint density at radius 2 is 1.75 bits per heavy atom. The van der Waals surface area contributed by atoms with Crippen LogP contribution in [0.25, 0.3) is 11.3 Å². The predicted molar refractivity (Wildman–Crippen MR) is 90.7 cm³/mol. The van der Waals surface area contributed by atoms with Crippen LogP contribution in [0.4, 0.5) is 23.7 Å². The molecule has 2 N–H and O–H groups in total. The number of aliphatic carboxylic acids is 1. The number of carbonyl (C=O) groups excluding carboxylic acids is 1. The summed E-state index contributed by atoms with van der Waals surface area (Å²) in [5.74, 6) is -2.76. The lowest BCUT2D eigenvalue weighted by Gasteiger charge is -2.06. The summed E-state index contributed by atoms with van der Waals surface area (Å²) in [5, 5.41) is 9.74. The van der Waals surface area contributed by atoms with Gasteiger partial charge in [0.05, 0.1) is 18.0 Å². The molecular weight excluding hydrogens is 383 g/mol. The minimum Gasteiger partial charge on any atom is -0.475 e. The summed E-state index contributed by atoms with van der Waals surface area (Å²) >= 11 is 0. The van der Waals surface area contributed by atoms with Crippen LogP contribution in [0.2, 0.25) is 0 Å². The molecule has 0 atom stereocenters. The standard InChI is InChI=1S/C15H11N3O3.C2HF3O2/c19-14-9-13(11-5-2-1-3-6-11)18(21-14)15(20)17-12-7-4-8-16-10-12;3-2(4,5)1(6)7/h1-10H,(H,17,20);(H,6,7). The highest BCUT2D eigenvalue weighted by Crippen LogP contribution is 2.18. The molecule has 1 amide bonds. The van der Waals surface area contributed by atoms with Gasteiger partial charge in [0.15, 0.2) is 0 Å². The van der Waals surface area contributed by atoms with E-state index in [4.69, 9.17) is 14.4 Å². The van der Waals surface area contributed by atoms with Gasteiger partial charge in [-0.05, 0) is 12.1 Å². The van der Waals surface area contributed by atoms with Crippen LogP contribution < -0.4 is 10.9 Å². The van der Waals surface area contributed by atoms with Crippen molar-refractivity contribution >= 4 is 17.7 Å². The Bertz CT molecular complexity index is 998. The molecule has 0 saturated carbocycles. The molecule has 0 saturated heterocycles. The number of rotatable bonds is 2. The largest absolute Gasteiger partial charge is 0.490 e. The second-order valence-corrected chi connectivity index (χ2v) is 5.08. The predicted octanol–water partition coefficient (Wildman–Crippen LogP) is 3.22. The third-order valence-corrected chi connectivity index (χ3v) is 3.06. The first-order valence-electron chi connectivity index (χ1n) is 7.49. The number of hydrogen-bond acceptors (Lipinski definition) is 5. The van der Waals surface area contributed by atoms with Gasteiger partial charge in [-0.1, -0.05) is 30.3 Å². The van der Waals surface area contributed by atoms with E-state index in [0.29, 0.717) is 16.9 Å². The van der Waals surface area contributed by atoms with Crippen LogP contribution in [0.5, 0.6) is 0 Å². The van der Waals surface area contributed by atoms with E-state index in [0.717, 1.165) is 4.74 Å². The summed E-state index contributed by atoms with van der Waals surface area (Å²) in [5.41, 5.74) is 1.03. The first kappa shape index (κ1) is 20.4. The highest BCUT2D eigenvalue weighted by molar-refractivity contribution is 5.92. The molecule has 0 aliphatic heterocycles. The Hall–Kier alpha value is -3.89. The van der Waals surface area contributed by atoms with Crippen LogP contribution in [0.1, 0.15) is 0 Å². The first-order chi connectivity index (χ1) is 13.2. The van der Waals surface area contributed by atoms with Gasteiger partial charge in [-0.2, -0.15) is 13.2 Å². The van der Waals surface area contributed by atoms with Crippen molar-refractivity contribution in [2.45, 2.75) is 6.18 Å². The second-order valence-electron chi connectivity index (χ2n) is 5.08. The van der Waals surface area contributed by atoms with Crippen molar-refractivity contribution in [3.8, 4) is 11.3 Å². The average Bonchev–Trinajstić information content (AvgIpc) is 3.05. The lowest BCUT2D eigenvalue weighted by atomic mass is 10.1. The monoisotopic (exact) mass is 395 g/mol. The van der Waals surface area contributed by atoms with Crippen molar-refractivity contribution in [2.24, 2.45) is 0 Å². The molecule has 146 valence electrons. The molecule has 2 heterocycles. The molecule has 2 aromatic heterocycles. The topological polar surface area (TPSA) is 114 Å². The zero-order valence-corrected chi connectivity index (χ0v) is 13.9. The van der Waals surface area contributed by atoms with E-state index in [9.17, 15) is 22.8 Å². The number of hydrogen-bond donors (Lipinski definition) is 2. The number of carboxylic acids is 1. The molecule has 3 rings (SSSR count). The molecule has 28 heavy (non-hydrogen) atoms. The number of alkyl halides is 3. The minimum absolute atomic E-state index is 0.391. The van der Waals surface area contributed by atoms with Gasteiger partial charge in [-0.15, -0.1) is 4.74 Å². The van der Waals surface area contributed by atoms with Crippen molar-refractivity contribution in [2.75, 3.05) is 5.32 Å². The highest BCUT2D eigenvalue weighted by Gasteiger charge is 2.38. The number of anilines is 1. The van der Waals surface area contributed by atoms with E-state index in [-0.39, 0.29) is 0 Å². The second kappa shape index (κ2) is 8.66. The maximum atomic E-state index is 12.2. The van der Waals surface area contributed by atoms with Gasteiger partial charge in [-0.25, -0.2) is 14.4 Å². The van der Waals surface area contributed by atoms with Crippen LogP contribution >= 0.6 is 0 Å². The molecule has 8 nitrogen and oxygen atoms in total. The summed E-state index contributed by atoms with van der Waals surface area (Å²) in [4.78, 5) is 36.5. The van der Waals surface area contributed by atoms with Crippen LogP contribution in [0.15, 0.2) is 70.2 Å². The summed E-state index contributed by atoms with van der Waals surface area (Å²) < 4.78 is 37.6. The van der Waals surface area contributed by atoms with Crippen LogP contribution in [-0.4, -0.2) is 33.0 Å². The fraction of sp³-hybridized carbons (Fsp3) is 0.0588. The van der Waals surface area contributed by atoms with Crippen LogP contribution in [0.3, 0.4) is 0 Å². The smallest absolute Gasteiger partial charge is 0.475 e. The molecule has 0 spiro atoms. The van der Waals surface area contributed by atoms with Crippen molar-refractivity contribution in [1.29, 1.82) is 0 Å². The first-order valence-corrected chi connectivity index (χ1v) is 7.49. The van der Waals surface area contributed by atoms with Gasteiger partial charge in [0.2, 0.25) is 0 Å². The van der Waals surface area contributed by atoms with Gasteiger partial charge in [-0.3, -0.25) is 4.98 Å². The zero-order valence-electron chi connectivity index (χ0n) is 13.9. The molecule has 0 fully saturated rings. The van der Waals surface area contributed by atoms with E-state index >= 15 is 0 Å². The van der Waals surface area contributed by atoms with E-state index < -0.39 is 23.8 Å². The minimum atomic E-state index is -5.08. The third-order valence-electron chi connectivity index (χ3n) is 3.06. The van der Waals surface area contributed by atoms with Crippen LogP contribution in [-0.2, 0) is 4.79 Å². The van der Waals surface area contributed by atoms with Gasteiger partial charge >= 0.3 is 23.8 Å². The normalized spacial score (nSPS) is 10.5. The van der Waals surface area contributed by atoms with Crippen molar-refractivity contribution in [1.82, 2.24) is 9.72 Å². The van der Waals surface area contributed by atoms with E-state index in [2.05, 4.69) is 10.3 Å². The van der Waals surface area contributed by atoms with E-state index in [1.165, 1.54) is 12.3 Å². The Labute approximate surface area is 154 Å². The summed E-state index contributed by atoms with van der Waals surface area (Å²) in [6.45, 7) is 0. The zero-order chi connectivity index (χ0) is 20.7. The number of carboxylic acid groups (broad SMARTS) is 1. The van der Waals surface area contributed by atoms with E-state index in [1.807, 2.05) is 18.2 Å². The van der Waals surface area contributed by atoms with Gasteiger partial charge < -0.3 is 14.9 Å². The Kier molecular flexibility index (Phi) is 6.32. The molecule has 0 radical (unpaired) electrons. The Morgan fingerprint density at radius 1 is 1.11 bits per heavy atom. The molecule has 0 aliphatic rings. The van der Waals surface area contributed by atoms with Gasteiger partial charge in [0.1, 0.15) is 5.69 Å². The summed E-state index contributed by atoms with van der Waals surface area (Å²) in [6.07, 6.45) is -1.98. The highest BCUT2D eigenvalue weighted by atomic mass is 19.4. The maximum absolute atomic E-state index is 12.2. The average molecular weight is 395 g/mol. The number of carbonyl (C=O) groups is 2. The van der Waals surface area contributed by atoms with Crippen molar-refractivity contribution in [3.05, 3.63) is 71.3 Å². The lowest BCUT2D eigenvalue weighted by molar-refractivity contribution is -0.192. The van der Waals surface area contributed by atoms with Gasteiger partial charge in [0, 0.05) is 11.8 Å². The summed E-state index contributed by atoms with van der Waals surface area (Å²) in [6, 6.07) is 13.2. The number of benzene rings is 1. The number of aromatic nitrogens is 2. The number of halogens is 3. The van der Waals surface area contributed by atoms with Gasteiger partial charge in [0.25, 0.3) is 0 Å². The SMILES string of the molecule is O=C(Nc1cccnc1)n1oc(=O)cc1-c1ccccc1.O=C(O)C(F)(F)F. The Morgan fingerprint density at radius 3 is 2.29 bits per heavy atom. The molecule has 11 heteroatoms. The molecular formula is C17H12F3N3O5. The fourth-order valence-electron chi connectivity index (χ4n) is 1.91. The molecule has 0 bridgehead atoms. The third kappa shape index (κ3) is 5.56. The molecule has 3 aromatic rings. The Balaban J connectivity index is 0.000000345. The molecule has 1 aromatic carbocycles. The van der Waals surface area contributed by atoms with Crippen molar-refractivity contribution < 1.29 is 32.4 Å². The lowest BCUT2D eigenvalue weighted by Crippen LogP contribution is -2.21. The number of nitrogens with zero attached hydrogens (tertiary/aromatic N) is 2. The fourth-order valence-corrected chi connectivity index (χ4v) is 1.91. The molecule has 0 aliphatic carbocycles. The quantitative estimate of drug-likeness (QED) is 0.689. The molecule has 0 unspecified atom stereocenters. The van der Waals surface area contributed by atoms with Crippen LogP contribution in [0, 0.1) is 0 Å². The maximum Gasteiger partial charge on any atom is 0.490 e. The number of amides is 1.